The van der Waals surface area contributed by atoms with E-state index in [1.165, 1.54) is 25.9 Å². The molecule has 0 aromatic heterocycles. The van der Waals surface area contributed by atoms with Gasteiger partial charge in [0.25, 0.3) is 0 Å². The molecule has 12 heavy (non-hydrogen) atoms. The van der Waals surface area contributed by atoms with Gasteiger partial charge in [0.2, 0.25) is 0 Å². The summed E-state index contributed by atoms with van der Waals surface area (Å²) in [5, 5.41) is 0. The number of rotatable bonds is 4. The van der Waals surface area contributed by atoms with Crippen LogP contribution < -0.4 is 0 Å². The van der Waals surface area contributed by atoms with Crippen LogP contribution in [0.3, 0.4) is 0 Å². The molecule has 1 aliphatic rings. The van der Waals surface area contributed by atoms with Crippen molar-refractivity contribution in [1.29, 1.82) is 0 Å². The Hall–Kier alpha value is -0.570. The van der Waals surface area contributed by atoms with Crippen LogP contribution >= 0.6 is 0 Å². The normalized spacial score (nSPS) is 17.4. The summed E-state index contributed by atoms with van der Waals surface area (Å²) in [4.78, 5) is 8.78. The maximum Gasteiger partial charge on any atom is 0.0849 e. The Balaban J connectivity index is 2.06. The molecule has 1 aliphatic heterocycles. The van der Waals surface area contributed by atoms with Gasteiger partial charge in [0.1, 0.15) is 0 Å². The summed E-state index contributed by atoms with van der Waals surface area (Å²) in [6.45, 7) is 4.53. The van der Waals surface area contributed by atoms with Gasteiger partial charge < -0.3 is 9.80 Å². The zero-order valence-corrected chi connectivity index (χ0v) is 8.16. The molecule has 0 saturated carbocycles. The molecule has 3 heteroatoms. The summed E-state index contributed by atoms with van der Waals surface area (Å²) in [6, 6.07) is 0. The van der Waals surface area contributed by atoms with Gasteiger partial charge in [-0.2, -0.15) is 0 Å². The second kappa shape index (κ2) is 5.14. The number of hydrogen-bond acceptors (Lipinski definition) is 3. The topological polar surface area (TPSA) is 18.8 Å². The van der Waals surface area contributed by atoms with Crippen molar-refractivity contribution in [3.05, 3.63) is 0 Å². The van der Waals surface area contributed by atoms with E-state index >= 15 is 0 Å². The predicted molar refractivity (Wildman–Crippen MR) is 52.7 cm³/mol. The molecule has 0 saturated heterocycles. The van der Waals surface area contributed by atoms with Crippen molar-refractivity contribution in [3.63, 3.8) is 0 Å². The minimum Gasteiger partial charge on any atom is -0.363 e. The molecule has 70 valence electrons. The molecule has 0 bridgehead atoms. The quantitative estimate of drug-likeness (QED) is 0.616. The molecule has 0 N–H and O–H groups in total. The Bertz CT molecular complexity index is 143. The van der Waals surface area contributed by atoms with Crippen LogP contribution in [0.25, 0.3) is 0 Å². The Morgan fingerprint density at radius 1 is 1.50 bits per heavy atom. The zero-order valence-electron chi connectivity index (χ0n) is 8.16. The van der Waals surface area contributed by atoms with Gasteiger partial charge in [0, 0.05) is 19.6 Å². The Labute approximate surface area is 75.1 Å². The van der Waals surface area contributed by atoms with Gasteiger partial charge >= 0.3 is 0 Å². The molecule has 3 nitrogen and oxygen atoms in total. The van der Waals surface area contributed by atoms with Crippen molar-refractivity contribution in [2.24, 2.45) is 4.99 Å². The van der Waals surface area contributed by atoms with Crippen molar-refractivity contribution in [1.82, 2.24) is 9.80 Å². The van der Waals surface area contributed by atoms with E-state index < -0.39 is 0 Å². The lowest BCUT2D eigenvalue weighted by molar-refractivity contribution is 0.344. The van der Waals surface area contributed by atoms with Gasteiger partial charge in [0.05, 0.1) is 6.34 Å². The van der Waals surface area contributed by atoms with Gasteiger partial charge in [0.15, 0.2) is 0 Å². The van der Waals surface area contributed by atoms with Gasteiger partial charge in [-0.15, -0.1) is 0 Å². The van der Waals surface area contributed by atoms with Crippen molar-refractivity contribution in [3.8, 4) is 0 Å². The third-order valence-corrected chi connectivity index (χ3v) is 2.03. The Morgan fingerprint density at radius 2 is 2.33 bits per heavy atom. The van der Waals surface area contributed by atoms with Gasteiger partial charge in [-0.1, -0.05) is 0 Å². The molecule has 0 radical (unpaired) electrons. The first-order valence-corrected chi connectivity index (χ1v) is 4.68. The first kappa shape index (κ1) is 9.52. The highest BCUT2D eigenvalue weighted by Gasteiger charge is 2.03. The van der Waals surface area contributed by atoms with Crippen LogP contribution in [0.2, 0.25) is 0 Å². The van der Waals surface area contributed by atoms with E-state index in [1.807, 2.05) is 6.34 Å². The molecule has 0 aromatic carbocycles. The van der Waals surface area contributed by atoms with Crippen LogP contribution in [-0.2, 0) is 0 Å². The second-order valence-corrected chi connectivity index (χ2v) is 3.57. The number of hydrogen-bond donors (Lipinski definition) is 0. The summed E-state index contributed by atoms with van der Waals surface area (Å²) >= 11 is 0. The summed E-state index contributed by atoms with van der Waals surface area (Å²) in [5.74, 6) is 0. The maximum absolute atomic E-state index is 4.24. The smallest absolute Gasteiger partial charge is 0.0849 e. The fraction of sp³-hybridized carbons (Fsp3) is 0.889. The average Bonchev–Trinajstić information content (AvgIpc) is 2.05. The molecule has 1 heterocycles. The van der Waals surface area contributed by atoms with E-state index in [0.29, 0.717) is 0 Å². The van der Waals surface area contributed by atoms with Crippen LogP contribution in [0.1, 0.15) is 12.8 Å². The van der Waals surface area contributed by atoms with E-state index in [2.05, 4.69) is 28.9 Å². The molecule has 0 aliphatic carbocycles. The van der Waals surface area contributed by atoms with Crippen LogP contribution in [0.15, 0.2) is 4.99 Å². The second-order valence-electron chi connectivity index (χ2n) is 3.57. The maximum atomic E-state index is 4.24. The average molecular weight is 169 g/mol. The number of aliphatic imine (C=N–C) groups is 1. The Morgan fingerprint density at radius 3 is 2.92 bits per heavy atom. The first-order chi connectivity index (χ1) is 5.79. The highest BCUT2D eigenvalue weighted by Crippen LogP contribution is 1.97. The third kappa shape index (κ3) is 3.72. The molecule has 0 unspecified atom stereocenters. The third-order valence-electron chi connectivity index (χ3n) is 2.03. The summed E-state index contributed by atoms with van der Waals surface area (Å²) in [7, 11) is 4.23. The lowest BCUT2D eigenvalue weighted by atomic mass is 10.3. The molecular formula is C9H19N3. The summed E-state index contributed by atoms with van der Waals surface area (Å²) < 4.78 is 0. The van der Waals surface area contributed by atoms with E-state index in [0.717, 1.165) is 13.1 Å². The molecular weight excluding hydrogens is 150 g/mol. The largest absolute Gasteiger partial charge is 0.363 e. The fourth-order valence-corrected chi connectivity index (χ4v) is 1.36. The van der Waals surface area contributed by atoms with Crippen LogP contribution in [0.5, 0.6) is 0 Å². The highest BCUT2D eigenvalue weighted by molar-refractivity contribution is 5.55. The van der Waals surface area contributed by atoms with Crippen molar-refractivity contribution >= 4 is 6.34 Å². The lowest BCUT2D eigenvalue weighted by Gasteiger charge is -2.22. The van der Waals surface area contributed by atoms with E-state index in [9.17, 15) is 0 Å². The van der Waals surface area contributed by atoms with Crippen LogP contribution in [-0.4, -0.2) is 56.4 Å². The number of nitrogens with zero attached hydrogens (tertiary/aromatic N) is 3. The molecule has 0 amide bonds. The predicted octanol–water partition coefficient (Wildman–Crippen LogP) is 0.672. The van der Waals surface area contributed by atoms with E-state index in [1.54, 1.807) is 0 Å². The van der Waals surface area contributed by atoms with Gasteiger partial charge in [-0.3, -0.25) is 4.99 Å². The first-order valence-electron chi connectivity index (χ1n) is 4.68. The highest BCUT2D eigenvalue weighted by atomic mass is 15.2. The van der Waals surface area contributed by atoms with E-state index in [-0.39, 0.29) is 0 Å². The van der Waals surface area contributed by atoms with Crippen molar-refractivity contribution in [2.45, 2.75) is 12.8 Å². The molecule has 0 fully saturated rings. The van der Waals surface area contributed by atoms with Crippen molar-refractivity contribution < 1.29 is 0 Å². The fourth-order valence-electron chi connectivity index (χ4n) is 1.36. The monoisotopic (exact) mass is 169 g/mol. The van der Waals surface area contributed by atoms with Crippen LogP contribution in [0.4, 0.5) is 0 Å². The van der Waals surface area contributed by atoms with Gasteiger partial charge in [-0.05, 0) is 33.5 Å². The minimum atomic E-state index is 1.02. The SMILES string of the molecule is CN(C)CCCN1C=NCCC1. The molecule has 0 atom stereocenters. The zero-order chi connectivity index (χ0) is 8.81. The molecule has 1 rings (SSSR count). The standard InChI is InChI=1S/C9H19N3/c1-11(2)6-4-8-12-7-3-5-10-9-12/h9H,3-8H2,1-2H3. The Kier molecular flexibility index (Phi) is 4.08. The molecule has 0 aromatic rings. The lowest BCUT2D eigenvalue weighted by Crippen LogP contribution is -2.30. The summed E-state index contributed by atoms with van der Waals surface area (Å²) in [6.07, 6.45) is 4.46. The van der Waals surface area contributed by atoms with E-state index in [4.69, 9.17) is 0 Å². The minimum absolute atomic E-state index is 1.02. The van der Waals surface area contributed by atoms with Crippen LogP contribution in [0, 0.1) is 0 Å². The molecule has 0 spiro atoms. The van der Waals surface area contributed by atoms with Crippen molar-refractivity contribution in [2.75, 3.05) is 40.3 Å². The van der Waals surface area contributed by atoms with Gasteiger partial charge in [-0.25, -0.2) is 0 Å². The summed E-state index contributed by atoms with van der Waals surface area (Å²) in [5.41, 5.74) is 0.